The van der Waals surface area contributed by atoms with Gasteiger partial charge < -0.3 is 4.98 Å². The molecule has 0 fully saturated rings. The van der Waals surface area contributed by atoms with Gasteiger partial charge in [-0.05, 0) is 41.7 Å². The summed E-state index contributed by atoms with van der Waals surface area (Å²) in [4.78, 5) is 20.0. The van der Waals surface area contributed by atoms with Gasteiger partial charge in [0.1, 0.15) is 11.6 Å². The summed E-state index contributed by atoms with van der Waals surface area (Å²) in [5, 5.41) is 9.28. The number of benzene rings is 2. The van der Waals surface area contributed by atoms with Crippen molar-refractivity contribution in [3.63, 3.8) is 0 Å². The monoisotopic (exact) mass is 389 g/mol. The van der Waals surface area contributed by atoms with Crippen LogP contribution in [0.5, 0.6) is 0 Å². The van der Waals surface area contributed by atoms with Crippen LogP contribution in [0.1, 0.15) is 54.9 Å². The number of nitrogens with one attached hydrogen (secondary N) is 1. The number of rotatable bonds is 7. The van der Waals surface area contributed by atoms with Crippen LogP contribution in [0.2, 0.25) is 0 Å². The first-order chi connectivity index (χ1) is 14.1. The molecule has 1 aromatic heterocycles. The number of aryl methyl sites for hydroxylation is 2. The molecule has 1 N–H and O–H groups in total. The highest BCUT2D eigenvalue weighted by Gasteiger charge is 2.15. The standard InChI is InChI=1S/C24H24FN3O/c1-3-5-10-22-20(24(29)28-23(4-2)27-22)13-17-12-11-16(14-21(17)25)19-9-7-6-8-18(19)15-26/h6-9,11-12,14H,3-5,10,13H2,1-2H3,(H,27,28,29). The minimum absolute atomic E-state index is 0.192. The van der Waals surface area contributed by atoms with Crippen molar-refractivity contribution in [2.24, 2.45) is 0 Å². The third-order valence-corrected chi connectivity index (χ3v) is 5.03. The largest absolute Gasteiger partial charge is 0.310 e. The molecule has 0 saturated heterocycles. The molecule has 0 unspecified atom stereocenters. The molecule has 0 aliphatic carbocycles. The van der Waals surface area contributed by atoms with Crippen molar-refractivity contribution in [3.05, 3.63) is 86.8 Å². The summed E-state index contributed by atoms with van der Waals surface area (Å²) in [5.74, 6) is 0.268. The van der Waals surface area contributed by atoms with E-state index in [-0.39, 0.29) is 12.0 Å². The summed E-state index contributed by atoms with van der Waals surface area (Å²) in [6, 6.07) is 14.2. The number of aromatic amines is 1. The smallest absolute Gasteiger partial charge is 0.254 e. The average Bonchev–Trinajstić information content (AvgIpc) is 2.74. The molecular weight excluding hydrogens is 365 g/mol. The molecule has 4 nitrogen and oxygen atoms in total. The van der Waals surface area contributed by atoms with Crippen molar-refractivity contribution in [1.29, 1.82) is 5.26 Å². The van der Waals surface area contributed by atoms with Gasteiger partial charge in [-0.3, -0.25) is 4.79 Å². The van der Waals surface area contributed by atoms with E-state index in [0.29, 0.717) is 46.5 Å². The van der Waals surface area contributed by atoms with Crippen LogP contribution in [0, 0.1) is 17.1 Å². The zero-order valence-corrected chi connectivity index (χ0v) is 16.8. The molecule has 29 heavy (non-hydrogen) atoms. The molecule has 0 aliphatic rings. The Balaban J connectivity index is 1.97. The first-order valence-corrected chi connectivity index (χ1v) is 9.96. The van der Waals surface area contributed by atoms with Crippen molar-refractivity contribution in [1.82, 2.24) is 9.97 Å². The fraction of sp³-hybridized carbons (Fsp3) is 0.292. The van der Waals surface area contributed by atoms with E-state index >= 15 is 0 Å². The lowest BCUT2D eigenvalue weighted by atomic mass is 9.96. The number of hydrogen-bond acceptors (Lipinski definition) is 3. The maximum atomic E-state index is 14.9. The number of unbranched alkanes of at least 4 members (excludes halogenated alkanes) is 1. The third-order valence-electron chi connectivity index (χ3n) is 5.03. The minimum Gasteiger partial charge on any atom is -0.310 e. The van der Waals surface area contributed by atoms with Gasteiger partial charge in [-0.25, -0.2) is 9.37 Å². The van der Waals surface area contributed by atoms with Crippen molar-refractivity contribution in [3.8, 4) is 17.2 Å². The average molecular weight is 389 g/mol. The van der Waals surface area contributed by atoms with Crippen LogP contribution in [0.25, 0.3) is 11.1 Å². The van der Waals surface area contributed by atoms with Crippen LogP contribution < -0.4 is 5.56 Å². The Bertz CT molecular complexity index is 1110. The first kappa shape index (κ1) is 20.5. The van der Waals surface area contributed by atoms with Crippen molar-refractivity contribution in [2.75, 3.05) is 0 Å². The molecule has 0 aliphatic heterocycles. The lowest BCUT2D eigenvalue weighted by Crippen LogP contribution is -2.21. The quantitative estimate of drug-likeness (QED) is 0.622. The molecule has 0 spiro atoms. The third kappa shape index (κ3) is 4.60. The molecule has 3 rings (SSSR count). The van der Waals surface area contributed by atoms with Gasteiger partial charge in [0.25, 0.3) is 5.56 Å². The fourth-order valence-corrected chi connectivity index (χ4v) is 3.38. The number of nitriles is 1. The van der Waals surface area contributed by atoms with Crippen LogP contribution in [0.4, 0.5) is 4.39 Å². The molecule has 0 radical (unpaired) electrons. The number of H-pyrrole nitrogens is 1. The Morgan fingerprint density at radius 2 is 1.97 bits per heavy atom. The summed E-state index contributed by atoms with van der Waals surface area (Å²) in [6.07, 6.45) is 3.47. The number of hydrogen-bond donors (Lipinski definition) is 1. The van der Waals surface area contributed by atoms with Crippen molar-refractivity contribution in [2.45, 2.75) is 46.0 Å². The molecule has 0 bridgehead atoms. The zero-order chi connectivity index (χ0) is 20.8. The molecule has 0 saturated carbocycles. The zero-order valence-electron chi connectivity index (χ0n) is 16.8. The molecule has 5 heteroatoms. The second-order valence-electron chi connectivity index (χ2n) is 7.04. The molecule has 0 amide bonds. The van der Waals surface area contributed by atoms with E-state index < -0.39 is 5.82 Å². The topological polar surface area (TPSA) is 69.5 Å². The van der Waals surface area contributed by atoms with Gasteiger partial charge in [0.2, 0.25) is 0 Å². The number of nitrogens with zero attached hydrogens (tertiary/aromatic N) is 2. The predicted molar refractivity (Wildman–Crippen MR) is 112 cm³/mol. The minimum atomic E-state index is -0.393. The summed E-state index contributed by atoms with van der Waals surface area (Å²) in [5.41, 5.74) is 3.36. The molecule has 3 aromatic rings. The second kappa shape index (κ2) is 9.29. The number of halogens is 1. The summed E-state index contributed by atoms with van der Waals surface area (Å²) in [7, 11) is 0. The van der Waals surface area contributed by atoms with Crippen LogP contribution in [0.3, 0.4) is 0 Å². The fourth-order valence-electron chi connectivity index (χ4n) is 3.38. The van der Waals surface area contributed by atoms with E-state index in [4.69, 9.17) is 0 Å². The van der Waals surface area contributed by atoms with Crippen LogP contribution >= 0.6 is 0 Å². The van der Waals surface area contributed by atoms with Gasteiger partial charge in [-0.2, -0.15) is 5.26 Å². The van der Waals surface area contributed by atoms with Gasteiger partial charge in [0, 0.05) is 18.4 Å². The van der Waals surface area contributed by atoms with E-state index in [2.05, 4.69) is 23.0 Å². The highest BCUT2D eigenvalue weighted by Crippen LogP contribution is 2.26. The maximum absolute atomic E-state index is 14.9. The van der Waals surface area contributed by atoms with Crippen LogP contribution in [0.15, 0.2) is 47.3 Å². The molecule has 1 heterocycles. The van der Waals surface area contributed by atoms with Crippen molar-refractivity contribution < 1.29 is 4.39 Å². The molecule has 148 valence electrons. The first-order valence-electron chi connectivity index (χ1n) is 9.96. The predicted octanol–water partition coefficient (Wildman–Crippen LogP) is 4.94. The van der Waals surface area contributed by atoms with E-state index in [9.17, 15) is 14.4 Å². The Hall–Kier alpha value is -3.26. The van der Waals surface area contributed by atoms with Gasteiger partial charge in [-0.1, -0.05) is 50.6 Å². The van der Waals surface area contributed by atoms with Crippen LogP contribution in [-0.2, 0) is 19.3 Å². The SMILES string of the molecule is CCCCc1nc(CC)[nH]c(=O)c1Cc1ccc(-c2ccccc2C#N)cc1F. The Kier molecular flexibility index (Phi) is 6.56. The summed E-state index contributed by atoms with van der Waals surface area (Å²) < 4.78 is 14.9. The van der Waals surface area contributed by atoms with E-state index in [0.717, 1.165) is 18.5 Å². The second-order valence-corrected chi connectivity index (χ2v) is 7.04. The van der Waals surface area contributed by atoms with Gasteiger partial charge >= 0.3 is 0 Å². The summed E-state index contributed by atoms with van der Waals surface area (Å²) >= 11 is 0. The highest BCUT2D eigenvalue weighted by atomic mass is 19.1. The Labute approximate surface area is 170 Å². The van der Waals surface area contributed by atoms with E-state index in [1.54, 1.807) is 30.3 Å². The lowest BCUT2D eigenvalue weighted by Gasteiger charge is -2.11. The molecule has 0 atom stereocenters. The summed E-state index contributed by atoms with van der Waals surface area (Å²) in [6.45, 7) is 4.03. The Morgan fingerprint density at radius 1 is 1.17 bits per heavy atom. The van der Waals surface area contributed by atoms with Crippen LogP contribution in [-0.4, -0.2) is 9.97 Å². The lowest BCUT2D eigenvalue weighted by molar-refractivity contribution is 0.613. The van der Waals surface area contributed by atoms with Gasteiger partial charge in [0.05, 0.1) is 17.3 Å². The Morgan fingerprint density at radius 3 is 2.66 bits per heavy atom. The maximum Gasteiger partial charge on any atom is 0.254 e. The van der Waals surface area contributed by atoms with Gasteiger partial charge in [0.15, 0.2) is 0 Å². The molecular formula is C24H24FN3O. The van der Waals surface area contributed by atoms with E-state index in [1.165, 1.54) is 6.07 Å². The normalized spacial score (nSPS) is 10.7. The highest BCUT2D eigenvalue weighted by molar-refractivity contribution is 5.70. The molecule has 2 aromatic carbocycles. The van der Waals surface area contributed by atoms with Gasteiger partial charge in [-0.15, -0.1) is 0 Å². The number of aromatic nitrogens is 2. The van der Waals surface area contributed by atoms with Crippen molar-refractivity contribution >= 4 is 0 Å². The van der Waals surface area contributed by atoms with E-state index in [1.807, 2.05) is 13.0 Å².